The largest absolute Gasteiger partial charge is 0.444 e. The number of thioether (sulfide) groups is 1. The molecule has 1 fully saturated rings. The molecule has 0 aromatic rings. The Hall–Kier alpha value is -0.420. The van der Waals surface area contributed by atoms with Crippen LogP contribution in [-0.2, 0) is 4.74 Å². The predicted molar refractivity (Wildman–Crippen MR) is 70.4 cm³/mol. The van der Waals surface area contributed by atoms with Crippen molar-refractivity contribution in [3.8, 4) is 0 Å². The fourth-order valence-corrected chi connectivity index (χ4v) is 2.29. The number of hydrogen-bond donors (Lipinski definition) is 1. The van der Waals surface area contributed by atoms with E-state index in [0.29, 0.717) is 6.54 Å². The van der Waals surface area contributed by atoms with Crippen LogP contribution in [0.15, 0.2) is 0 Å². The van der Waals surface area contributed by atoms with E-state index in [-0.39, 0.29) is 12.1 Å². The molecule has 0 aliphatic carbocycles. The summed E-state index contributed by atoms with van der Waals surface area (Å²) in [5.74, 6) is 1.85. The summed E-state index contributed by atoms with van der Waals surface area (Å²) in [7, 11) is 0. The molecule has 0 unspecified atom stereocenters. The van der Waals surface area contributed by atoms with Gasteiger partial charge in [-0.1, -0.05) is 0 Å². The number of rotatable bonds is 3. The molecule has 0 spiro atoms. The van der Waals surface area contributed by atoms with Gasteiger partial charge in [0, 0.05) is 11.5 Å². The number of carbonyl (C=O) groups is 1. The molecule has 1 N–H and O–H groups in total. The molecule has 17 heavy (non-hydrogen) atoms. The third-order valence-electron chi connectivity index (χ3n) is 2.25. The smallest absolute Gasteiger partial charge is 0.410 e. The van der Waals surface area contributed by atoms with Crippen molar-refractivity contribution in [2.75, 3.05) is 18.1 Å². The Labute approximate surface area is 108 Å². The zero-order valence-electron chi connectivity index (χ0n) is 11.3. The molecule has 1 amide bonds. The van der Waals surface area contributed by atoms with Gasteiger partial charge in [-0.05, 0) is 34.6 Å². The van der Waals surface area contributed by atoms with E-state index >= 15 is 0 Å². The summed E-state index contributed by atoms with van der Waals surface area (Å²) >= 11 is 1.80. The molecule has 0 atom stereocenters. The van der Waals surface area contributed by atoms with E-state index in [1.165, 1.54) is 0 Å². The molecule has 0 saturated carbocycles. The number of hydrogen-bond acceptors (Lipinski definition) is 4. The standard InChI is InChI=1S/C12H23NO3S/c1-11(2,3)16-10(14)13(8-12(4,5)15)9-6-17-7-9/h9,15H,6-8H2,1-5H3. The van der Waals surface area contributed by atoms with E-state index in [1.807, 2.05) is 20.8 Å². The average Bonchev–Trinajstić information content (AvgIpc) is 1.93. The number of carbonyl (C=O) groups excluding carboxylic acids is 1. The quantitative estimate of drug-likeness (QED) is 0.845. The van der Waals surface area contributed by atoms with E-state index in [4.69, 9.17) is 4.74 Å². The Morgan fingerprint density at radius 1 is 1.35 bits per heavy atom. The molecule has 1 aliphatic rings. The summed E-state index contributed by atoms with van der Waals surface area (Å²) < 4.78 is 5.37. The first-order valence-electron chi connectivity index (χ1n) is 5.88. The van der Waals surface area contributed by atoms with Crippen LogP contribution in [-0.4, -0.2) is 51.4 Å². The molecule has 1 saturated heterocycles. The highest BCUT2D eigenvalue weighted by atomic mass is 32.2. The fraction of sp³-hybridized carbons (Fsp3) is 0.917. The lowest BCUT2D eigenvalue weighted by molar-refractivity contribution is -0.0112. The van der Waals surface area contributed by atoms with Gasteiger partial charge < -0.3 is 14.7 Å². The Bertz CT molecular complexity index is 276. The molecular weight excluding hydrogens is 238 g/mol. The second-order valence-electron chi connectivity index (χ2n) is 6.11. The van der Waals surface area contributed by atoms with Gasteiger partial charge in [-0.15, -0.1) is 0 Å². The summed E-state index contributed by atoms with van der Waals surface area (Å²) in [5, 5.41) is 9.85. The van der Waals surface area contributed by atoms with E-state index in [1.54, 1.807) is 30.5 Å². The van der Waals surface area contributed by atoms with Gasteiger partial charge in [-0.25, -0.2) is 4.79 Å². The highest BCUT2D eigenvalue weighted by Crippen LogP contribution is 2.26. The number of ether oxygens (including phenoxy) is 1. The van der Waals surface area contributed by atoms with Gasteiger partial charge in [0.1, 0.15) is 5.60 Å². The molecule has 0 aromatic heterocycles. The Morgan fingerprint density at radius 2 is 1.88 bits per heavy atom. The predicted octanol–water partition coefficient (Wildman–Crippen LogP) is 2.11. The van der Waals surface area contributed by atoms with Crippen molar-refractivity contribution in [1.82, 2.24) is 4.90 Å². The van der Waals surface area contributed by atoms with Gasteiger partial charge in [0.15, 0.2) is 0 Å². The molecule has 1 rings (SSSR count). The summed E-state index contributed by atoms with van der Waals surface area (Å²) in [5.41, 5.74) is -1.39. The zero-order chi connectivity index (χ0) is 13.3. The van der Waals surface area contributed by atoms with E-state index in [0.717, 1.165) is 11.5 Å². The monoisotopic (exact) mass is 261 g/mol. The first-order chi connectivity index (χ1) is 7.58. The van der Waals surface area contributed by atoms with E-state index in [9.17, 15) is 9.90 Å². The van der Waals surface area contributed by atoms with Crippen LogP contribution in [0.4, 0.5) is 4.79 Å². The Balaban J connectivity index is 2.65. The van der Waals surface area contributed by atoms with Gasteiger partial charge in [0.05, 0.1) is 18.2 Å². The zero-order valence-corrected chi connectivity index (χ0v) is 12.1. The van der Waals surface area contributed by atoms with Crippen LogP contribution >= 0.6 is 11.8 Å². The van der Waals surface area contributed by atoms with Gasteiger partial charge in [0.25, 0.3) is 0 Å². The second-order valence-corrected chi connectivity index (χ2v) is 7.19. The summed E-state index contributed by atoms with van der Waals surface area (Å²) in [4.78, 5) is 13.7. The maximum absolute atomic E-state index is 12.1. The molecule has 1 aliphatic heterocycles. The van der Waals surface area contributed by atoms with Crippen molar-refractivity contribution in [2.45, 2.75) is 51.9 Å². The van der Waals surface area contributed by atoms with Crippen molar-refractivity contribution < 1.29 is 14.6 Å². The van der Waals surface area contributed by atoms with Crippen molar-refractivity contribution in [1.29, 1.82) is 0 Å². The van der Waals surface area contributed by atoms with Crippen molar-refractivity contribution in [3.05, 3.63) is 0 Å². The van der Waals surface area contributed by atoms with Crippen LogP contribution in [0.5, 0.6) is 0 Å². The van der Waals surface area contributed by atoms with Crippen LogP contribution in [0.2, 0.25) is 0 Å². The number of aliphatic hydroxyl groups is 1. The maximum Gasteiger partial charge on any atom is 0.410 e. The number of amides is 1. The van der Waals surface area contributed by atoms with Gasteiger partial charge in [0.2, 0.25) is 0 Å². The number of nitrogens with zero attached hydrogens (tertiary/aromatic N) is 1. The minimum Gasteiger partial charge on any atom is -0.444 e. The molecule has 5 heteroatoms. The minimum absolute atomic E-state index is 0.196. The lowest BCUT2D eigenvalue weighted by Gasteiger charge is -2.40. The first kappa shape index (κ1) is 14.6. The Morgan fingerprint density at radius 3 is 2.18 bits per heavy atom. The molecule has 4 nitrogen and oxygen atoms in total. The Kier molecular flexibility index (Phi) is 4.36. The summed E-state index contributed by atoms with van der Waals surface area (Å²) in [6, 6.07) is 0.196. The third-order valence-corrected chi connectivity index (χ3v) is 3.49. The van der Waals surface area contributed by atoms with Crippen LogP contribution in [0.25, 0.3) is 0 Å². The lowest BCUT2D eigenvalue weighted by atomic mass is 10.1. The molecule has 0 radical (unpaired) electrons. The highest BCUT2D eigenvalue weighted by molar-refractivity contribution is 8.00. The maximum atomic E-state index is 12.1. The lowest BCUT2D eigenvalue weighted by Crippen LogP contribution is -2.54. The van der Waals surface area contributed by atoms with Gasteiger partial charge in [-0.3, -0.25) is 0 Å². The topological polar surface area (TPSA) is 49.8 Å². The van der Waals surface area contributed by atoms with E-state index < -0.39 is 11.2 Å². The molecule has 0 bridgehead atoms. The second kappa shape index (κ2) is 5.06. The molecule has 1 heterocycles. The van der Waals surface area contributed by atoms with Crippen molar-refractivity contribution >= 4 is 17.9 Å². The average molecular weight is 261 g/mol. The van der Waals surface area contributed by atoms with Crippen LogP contribution < -0.4 is 0 Å². The summed E-state index contributed by atoms with van der Waals surface area (Å²) in [6.07, 6.45) is -0.329. The van der Waals surface area contributed by atoms with Crippen molar-refractivity contribution in [2.24, 2.45) is 0 Å². The first-order valence-corrected chi connectivity index (χ1v) is 7.04. The van der Waals surface area contributed by atoms with Crippen molar-refractivity contribution in [3.63, 3.8) is 0 Å². The normalized spacial score (nSPS) is 17.5. The van der Waals surface area contributed by atoms with Crippen LogP contribution in [0, 0.1) is 0 Å². The third kappa shape index (κ3) is 5.17. The fourth-order valence-electron chi connectivity index (χ4n) is 1.48. The minimum atomic E-state index is -0.892. The van der Waals surface area contributed by atoms with Gasteiger partial charge in [-0.2, -0.15) is 11.8 Å². The molecular formula is C12H23NO3S. The van der Waals surface area contributed by atoms with Gasteiger partial charge >= 0.3 is 6.09 Å². The van der Waals surface area contributed by atoms with Crippen LogP contribution in [0.1, 0.15) is 34.6 Å². The van der Waals surface area contributed by atoms with E-state index in [2.05, 4.69) is 0 Å². The molecule has 0 aromatic carbocycles. The molecule has 100 valence electrons. The highest BCUT2D eigenvalue weighted by Gasteiger charge is 2.35. The SMILES string of the molecule is CC(C)(O)CN(C(=O)OC(C)(C)C)C1CSC1. The summed E-state index contributed by atoms with van der Waals surface area (Å²) in [6.45, 7) is 9.27. The van der Waals surface area contributed by atoms with Crippen LogP contribution in [0.3, 0.4) is 0 Å².